The van der Waals surface area contributed by atoms with Crippen LogP contribution in [0.25, 0.3) is 0 Å². The Bertz CT molecular complexity index is 171. The molecule has 0 atom stereocenters. The van der Waals surface area contributed by atoms with Gasteiger partial charge in [-0.1, -0.05) is 6.92 Å². The van der Waals surface area contributed by atoms with Gasteiger partial charge in [-0.25, -0.2) is 0 Å². The number of carbonyl (C=O) groups is 1. The highest BCUT2D eigenvalue weighted by Crippen LogP contribution is 2.17. The van der Waals surface area contributed by atoms with Crippen molar-refractivity contribution in [2.75, 3.05) is 18.3 Å². The van der Waals surface area contributed by atoms with E-state index in [-0.39, 0.29) is 11.4 Å². The van der Waals surface area contributed by atoms with Crippen LogP contribution >= 0.6 is 23.2 Å². The zero-order chi connectivity index (χ0) is 10.5. The van der Waals surface area contributed by atoms with E-state index in [1.54, 1.807) is 4.90 Å². The highest BCUT2D eigenvalue weighted by Gasteiger charge is 2.28. The zero-order valence-corrected chi connectivity index (χ0v) is 9.95. The van der Waals surface area contributed by atoms with E-state index in [9.17, 15) is 4.79 Å². The normalized spacial score (nSPS) is 11.5. The van der Waals surface area contributed by atoms with Gasteiger partial charge in [0.15, 0.2) is 0 Å². The molecule has 1 amide bonds. The third kappa shape index (κ3) is 3.74. The molecule has 13 heavy (non-hydrogen) atoms. The molecule has 0 aliphatic rings. The van der Waals surface area contributed by atoms with Crippen LogP contribution < -0.4 is 0 Å². The van der Waals surface area contributed by atoms with Gasteiger partial charge in [0.2, 0.25) is 5.91 Å². The molecule has 78 valence electrons. The van der Waals surface area contributed by atoms with Crippen LogP contribution in [0.1, 0.15) is 27.2 Å². The number of rotatable bonds is 5. The summed E-state index contributed by atoms with van der Waals surface area (Å²) in [5.41, 5.74) is -0.302. The minimum atomic E-state index is -0.302. The number of carbonyl (C=O) groups excluding carboxylic acids is 1. The lowest BCUT2D eigenvalue weighted by atomic mass is 10.1. The molecule has 0 saturated heterocycles. The van der Waals surface area contributed by atoms with Gasteiger partial charge in [0.05, 0.1) is 5.54 Å². The first-order valence-corrected chi connectivity index (χ1v) is 5.49. The van der Waals surface area contributed by atoms with Crippen LogP contribution in [0.15, 0.2) is 0 Å². The minimum absolute atomic E-state index is 0.103. The molecule has 0 radical (unpaired) electrons. The van der Waals surface area contributed by atoms with Gasteiger partial charge >= 0.3 is 0 Å². The average molecular weight is 226 g/mol. The fourth-order valence-corrected chi connectivity index (χ4v) is 1.43. The molecule has 0 aliphatic heterocycles. The summed E-state index contributed by atoms with van der Waals surface area (Å²) >= 11 is 11.4. The Morgan fingerprint density at radius 1 is 1.38 bits per heavy atom. The summed E-state index contributed by atoms with van der Waals surface area (Å²) in [6.45, 7) is 6.29. The first-order chi connectivity index (χ1) is 5.99. The Morgan fingerprint density at radius 3 is 2.23 bits per heavy atom. The molecular weight excluding hydrogens is 209 g/mol. The Hall–Kier alpha value is 0.0500. The highest BCUT2D eigenvalue weighted by atomic mass is 35.5. The van der Waals surface area contributed by atoms with Gasteiger partial charge in [-0.3, -0.25) is 4.79 Å². The maximum Gasteiger partial charge on any atom is 0.222 e. The number of amides is 1. The van der Waals surface area contributed by atoms with E-state index in [2.05, 4.69) is 0 Å². The molecule has 0 heterocycles. The molecule has 0 aromatic heterocycles. The second-order valence-electron chi connectivity index (χ2n) is 3.53. The molecule has 0 aliphatic carbocycles. The van der Waals surface area contributed by atoms with Crippen molar-refractivity contribution >= 4 is 29.1 Å². The van der Waals surface area contributed by atoms with Gasteiger partial charge in [0, 0.05) is 24.7 Å². The number of hydrogen-bond acceptors (Lipinski definition) is 1. The van der Waals surface area contributed by atoms with Crippen molar-refractivity contribution in [1.82, 2.24) is 4.90 Å². The summed E-state index contributed by atoms with van der Waals surface area (Å²) in [4.78, 5) is 13.3. The van der Waals surface area contributed by atoms with Crippen LogP contribution in [0.3, 0.4) is 0 Å². The van der Waals surface area contributed by atoms with E-state index >= 15 is 0 Å². The van der Waals surface area contributed by atoms with Crippen molar-refractivity contribution in [3.05, 3.63) is 0 Å². The molecule has 0 spiro atoms. The minimum Gasteiger partial charge on any atom is -0.335 e. The van der Waals surface area contributed by atoms with Crippen molar-refractivity contribution in [2.24, 2.45) is 0 Å². The number of hydrogen-bond donors (Lipinski definition) is 0. The molecule has 0 aromatic carbocycles. The molecule has 0 rings (SSSR count). The highest BCUT2D eigenvalue weighted by molar-refractivity contribution is 6.19. The van der Waals surface area contributed by atoms with Crippen LogP contribution in [0.4, 0.5) is 0 Å². The molecule has 0 fully saturated rings. The van der Waals surface area contributed by atoms with Crippen molar-refractivity contribution < 1.29 is 4.79 Å². The van der Waals surface area contributed by atoms with E-state index in [0.717, 1.165) is 0 Å². The van der Waals surface area contributed by atoms with Crippen molar-refractivity contribution in [3.8, 4) is 0 Å². The van der Waals surface area contributed by atoms with Gasteiger partial charge in [-0.05, 0) is 13.8 Å². The standard InChI is InChI=1S/C9H17Cl2NO/c1-4-8(13)12(6-5-10)9(2,3)7-11/h4-7H2,1-3H3. The zero-order valence-electron chi connectivity index (χ0n) is 8.44. The Morgan fingerprint density at radius 2 is 1.92 bits per heavy atom. The van der Waals surface area contributed by atoms with Crippen LogP contribution in [0.5, 0.6) is 0 Å². The number of halogens is 2. The van der Waals surface area contributed by atoms with Crippen molar-refractivity contribution in [1.29, 1.82) is 0 Å². The maximum absolute atomic E-state index is 11.5. The quantitative estimate of drug-likeness (QED) is 0.659. The predicted octanol–water partition coefficient (Wildman–Crippen LogP) is 2.48. The fraction of sp³-hybridized carbons (Fsp3) is 0.889. The van der Waals surface area contributed by atoms with E-state index in [1.165, 1.54) is 0 Å². The first kappa shape index (κ1) is 13.1. The molecular formula is C9H17Cl2NO. The fourth-order valence-electron chi connectivity index (χ4n) is 1.11. The van der Waals surface area contributed by atoms with Gasteiger partial charge in [0.1, 0.15) is 0 Å². The lowest BCUT2D eigenvalue weighted by Gasteiger charge is -2.36. The monoisotopic (exact) mass is 225 g/mol. The Labute approximate surface area is 90.2 Å². The lowest BCUT2D eigenvalue weighted by molar-refractivity contribution is -0.135. The lowest BCUT2D eigenvalue weighted by Crippen LogP contribution is -2.49. The molecule has 4 heteroatoms. The van der Waals surface area contributed by atoms with Crippen molar-refractivity contribution in [3.63, 3.8) is 0 Å². The molecule has 2 nitrogen and oxygen atoms in total. The van der Waals surface area contributed by atoms with E-state index in [4.69, 9.17) is 23.2 Å². The molecule has 0 bridgehead atoms. The van der Waals surface area contributed by atoms with Gasteiger partial charge in [-0.15, -0.1) is 23.2 Å². The molecule has 0 aromatic rings. The van der Waals surface area contributed by atoms with Gasteiger partial charge < -0.3 is 4.90 Å². The predicted molar refractivity (Wildman–Crippen MR) is 57.5 cm³/mol. The third-order valence-electron chi connectivity index (χ3n) is 1.97. The molecule has 0 unspecified atom stereocenters. The second-order valence-corrected chi connectivity index (χ2v) is 4.18. The van der Waals surface area contributed by atoms with Crippen LogP contribution in [-0.4, -0.2) is 34.7 Å². The third-order valence-corrected chi connectivity index (χ3v) is 2.79. The first-order valence-electron chi connectivity index (χ1n) is 4.42. The van der Waals surface area contributed by atoms with Gasteiger partial charge in [0.25, 0.3) is 0 Å². The smallest absolute Gasteiger partial charge is 0.222 e. The Balaban J connectivity index is 4.49. The number of alkyl halides is 2. The maximum atomic E-state index is 11.5. The summed E-state index contributed by atoms with van der Waals surface area (Å²) < 4.78 is 0. The second kappa shape index (κ2) is 5.71. The molecule has 0 saturated carbocycles. The average Bonchev–Trinajstić information content (AvgIpc) is 2.12. The topological polar surface area (TPSA) is 20.3 Å². The van der Waals surface area contributed by atoms with E-state index < -0.39 is 0 Å². The summed E-state index contributed by atoms with van der Waals surface area (Å²) in [6.07, 6.45) is 0.497. The van der Waals surface area contributed by atoms with Crippen molar-refractivity contribution in [2.45, 2.75) is 32.7 Å². The summed E-state index contributed by atoms with van der Waals surface area (Å²) in [5.74, 6) is 0.980. The van der Waals surface area contributed by atoms with E-state index in [0.29, 0.717) is 24.7 Å². The summed E-state index contributed by atoms with van der Waals surface area (Å²) in [7, 11) is 0. The summed E-state index contributed by atoms with van der Waals surface area (Å²) in [5, 5.41) is 0. The molecule has 0 N–H and O–H groups in total. The van der Waals surface area contributed by atoms with Crippen LogP contribution in [-0.2, 0) is 4.79 Å². The Kier molecular flexibility index (Phi) is 5.73. The summed E-state index contributed by atoms with van der Waals surface area (Å²) in [6, 6.07) is 0. The van der Waals surface area contributed by atoms with Gasteiger partial charge in [-0.2, -0.15) is 0 Å². The largest absolute Gasteiger partial charge is 0.335 e. The van der Waals surface area contributed by atoms with Crippen LogP contribution in [0.2, 0.25) is 0 Å². The number of nitrogens with zero attached hydrogens (tertiary/aromatic N) is 1. The van der Waals surface area contributed by atoms with Crippen LogP contribution in [0, 0.1) is 0 Å². The van der Waals surface area contributed by atoms with E-state index in [1.807, 2.05) is 20.8 Å². The SMILES string of the molecule is CCC(=O)N(CCCl)C(C)(C)CCl.